The predicted octanol–water partition coefficient (Wildman–Crippen LogP) is 3.13. The maximum Gasteiger partial charge on any atom is 0.265 e. The van der Waals surface area contributed by atoms with Crippen LogP contribution in [0.3, 0.4) is 0 Å². The number of rotatable bonds is 8. The van der Waals surface area contributed by atoms with Gasteiger partial charge in [0.1, 0.15) is 0 Å². The third kappa shape index (κ3) is 5.36. The molecule has 0 saturated heterocycles. The highest BCUT2D eigenvalue weighted by Gasteiger charge is 2.12. The molecule has 3 amide bonds. The average Bonchev–Trinajstić information content (AvgIpc) is 3.27. The summed E-state index contributed by atoms with van der Waals surface area (Å²) in [5, 5.41) is 7.33. The standard InChI is InChI=1S/C21H19N3O5S/c1-28-16-8-7-15(11-17(16)29-12-19(22)25)23-20(26)13-4-2-5-14(10-13)24-21(27)18-6-3-9-30-18/h2-11H,12H2,1H3,(H2,22,25)(H,23,26)(H,24,27). The van der Waals surface area contributed by atoms with Crippen LogP contribution in [0.5, 0.6) is 11.5 Å². The summed E-state index contributed by atoms with van der Waals surface area (Å²) in [6.45, 7) is -0.320. The van der Waals surface area contributed by atoms with Crippen LogP contribution in [0.1, 0.15) is 20.0 Å². The first-order valence-corrected chi connectivity index (χ1v) is 9.69. The Morgan fingerprint density at radius 3 is 2.40 bits per heavy atom. The number of benzene rings is 2. The van der Waals surface area contributed by atoms with Crippen LogP contribution in [0.25, 0.3) is 0 Å². The molecule has 1 heterocycles. The number of hydrogen-bond acceptors (Lipinski definition) is 6. The number of nitrogens with two attached hydrogens (primary N) is 1. The lowest BCUT2D eigenvalue weighted by Crippen LogP contribution is -2.20. The van der Waals surface area contributed by atoms with Crippen molar-refractivity contribution in [3.8, 4) is 11.5 Å². The molecule has 3 aromatic rings. The molecule has 0 fully saturated rings. The molecule has 0 spiro atoms. The van der Waals surface area contributed by atoms with Crippen molar-refractivity contribution in [3.63, 3.8) is 0 Å². The zero-order chi connectivity index (χ0) is 21.5. The van der Waals surface area contributed by atoms with Crippen molar-refractivity contribution in [3.05, 3.63) is 70.4 Å². The van der Waals surface area contributed by atoms with E-state index in [4.69, 9.17) is 15.2 Å². The number of amides is 3. The van der Waals surface area contributed by atoms with Gasteiger partial charge in [-0.1, -0.05) is 12.1 Å². The minimum Gasteiger partial charge on any atom is -0.493 e. The van der Waals surface area contributed by atoms with Gasteiger partial charge in [0.25, 0.3) is 17.7 Å². The summed E-state index contributed by atoms with van der Waals surface area (Å²) in [5.74, 6) is -0.589. The second kappa shape index (κ2) is 9.57. The van der Waals surface area contributed by atoms with Crippen molar-refractivity contribution in [1.82, 2.24) is 0 Å². The molecule has 9 heteroatoms. The number of primary amides is 1. The smallest absolute Gasteiger partial charge is 0.265 e. The van der Waals surface area contributed by atoms with Crippen molar-refractivity contribution < 1.29 is 23.9 Å². The van der Waals surface area contributed by atoms with Gasteiger partial charge in [-0.2, -0.15) is 0 Å². The fourth-order valence-electron chi connectivity index (χ4n) is 2.56. The van der Waals surface area contributed by atoms with Gasteiger partial charge in [0.2, 0.25) is 0 Å². The molecule has 154 valence electrons. The number of anilines is 2. The highest BCUT2D eigenvalue weighted by Crippen LogP contribution is 2.30. The monoisotopic (exact) mass is 425 g/mol. The van der Waals surface area contributed by atoms with Crippen molar-refractivity contribution in [2.24, 2.45) is 5.73 Å². The number of nitrogens with one attached hydrogen (secondary N) is 2. The molecule has 8 nitrogen and oxygen atoms in total. The summed E-state index contributed by atoms with van der Waals surface area (Å²) in [6.07, 6.45) is 0. The fourth-order valence-corrected chi connectivity index (χ4v) is 3.18. The van der Waals surface area contributed by atoms with Gasteiger partial charge in [-0.25, -0.2) is 0 Å². The Balaban J connectivity index is 1.72. The third-order valence-electron chi connectivity index (χ3n) is 3.92. The number of carbonyl (C=O) groups is 3. The van der Waals surface area contributed by atoms with E-state index in [1.165, 1.54) is 24.5 Å². The Hall–Kier alpha value is -3.85. The number of ether oxygens (including phenoxy) is 2. The molecule has 0 saturated carbocycles. The Kier molecular flexibility index (Phi) is 6.66. The third-order valence-corrected chi connectivity index (χ3v) is 4.79. The Morgan fingerprint density at radius 2 is 1.70 bits per heavy atom. The molecule has 0 radical (unpaired) electrons. The zero-order valence-corrected chi connectivity index (χ0v) is 16.8. The van der Waals surface area contributed by atoms with E-state index in [0.717, 1.165) is 0 Å². The topological polar surface area (TPSA) is 120 Å². The van der Waals surface area contributed by atoms with Crippen LogP contribution in [-0.4, -0.2) is 31.4 Å². The quantitative estimate of drug-likeness (QED) is 0.512. The van der Waals surface area contributed by atoms with E-state index in [9.17, 15) is 14.4 Å². The van der Waals surface area contributed by atoms with Crippen molar-refractivity contribution in [1.29, 1.82) is 0 Å². The molecule has 0 aliphatic carbocycles. The first-order valence-electron chi connectivity index (χ1n) is 8.81. The largest absolute Gasteiger partial charge is 0.493 e. The van der Waals surface area contributed by atoms with E-state index >= 15 is 0 Å². The summed E-state index contributed by atoms with van der Waals surface area (Å²) in [6, 6.07) is 14.9. The zero-order valence-electron chi connectivity index (χ0n) is 16.0. The Morgan fingerprint density at radius 1 is 0.933 bits per heavy atom. The van der Waals surface area contributed by atoms with E-state index in [1.807, 2.05) is 5.38 Å². The lowest BCUT2D eigenvalue weighted by Gasteiger charge is -2.12. The van der Waals surface area contributed by atoms with Gasteiger partial charge in [0, 0.05) is 23.0 Å². The van der Waals surface area contributed by atoms with Crippen molar-refractivity contribution >= 4 is 40.4 Å². The van der Waals surface area contributed by atoms with Gasteiger partial charge >= 0.3 is 0 Å². The maximum absolute atomic E-state index is 12.6. The summed E-state index contributed by atoms with van der Waals surface area (Å²) >= 11 is 1.33. The first-order chi connectivity index (χ1) is 14.5. The molecule has 3 rings (SSSR count). The summed E-state index contributed by atoms with van der Waals surface area (Å²) in [5.41, 5.74) is 6.40. The van der Waals surface area contributed by atoms with E-state index in [-0.39, 0.29) is 24.2 Å². The maximum atomic E-state index is 12.6. The SMILES string of the molecule is COc1ccc(NC(=O)c2cccc(NC(=O)c3cccs3)c2)cc1OCC(N)=O. The van der Waals surface area contributed by atoms with Crippen LogP contribution in [-0.2, 0) is 4.79 Å². The van der Waals surface area contributed by atoms with E-state index in [1.54, 1.807) is 48.5 Å². The molecule has 0 bridgehead atoms. The van der Waals surface area contributed by atoms with Crippen molar-refractivity contribution in [2.75, 3.05) is 24.4 Å². The molecule has 2 aromatic carbocycles. The molecule has 1 aromatic heterocycles. The molecular weight excluding hydrogens is 406 g/mol. The van der Waals surface area contributed by atoms with Gasteiger partial charge in [0.05, 0.1) is 12.0 Å². The highest BCUT2D eigenvalue weighted by molar-refractivity contribution is 7.12. The van der Waals surface area contributed by atoms with Crippen LogP contribution in [0, 0.1) is 0 Å². The Labute approximate surface area is 176 Å². The highest BCUT2D eigenvalue weighted by atomic mass is 32.1. The van der Waals surface area contributed by atoms with Gasteiger partial charge < -0.3 is 25.8 Å². The van der Waals surface area contributed by atoms with Crippen LogP contribution in [0.2, 0.25) is 0 Å². The lowest BCUT2D eigenvalue weighted by atomic mass is 10.1. The van der Waals surface area contributed by atoms with Crippen LogP contribution in [0.4, 0.5) is 11.4 Å². The number of thiophene rings is 1. The van der Waals surface area contributed by atoms with Gasteiger partial charge in [0.15, 0.2) is 18.1 Å². The number of carbonyl (C=O) groups excluding carboxylic acids is 3. The molecule has 30 heavy (non-hydrogen) atoms. The van der Waals surface area contributed by atoms with E-state index < -0.39 is 5.91 Å². The second-order valence-corrected chi connectivity index (χ2v) is 7.03. The lowest BCUT2D eigenvalue weighted by molar-refractivity contribution is -0.119. The molecule has 0 unspecified atom stereocenters. The molecule has 4 N–H and O–H groups in total. The first kappa shape index (κ1) is 20.9. The normalized spacial score (nSPS) is 10.2. The fraction of sp³-hybridized carbons (Fsp3) is 0.0952. The van der Waals surface area contributed by atoms with Crippen LogP contribution < -0.4 is 25.8 Å². The van der Waals surface area contributed by atoms with E-state index in [0.29, 0.717) is 27.6 Å². The summed E-state index contributed by atoms with van der Waals surface area (Å²) in [4.78, 5) is 36.4. The minimum atomic E-state index is -0.632. The number of methoxy groups -OCH3 is 1. The Bertz CT molecular complexity index is 1070. The molecule has 0 aliphatic rings. The predicted molar refractivity (Wildman–Crippen MR) is 114 cm³/mol. The van der Waals surface area contributed by atoms with Gasteiger partial charge in [-0.15, -0.1) is 11.3 Å². The van der Waals surface area contributed by atoms with E-state index in [2.05, 4.69) is 10.6 Å². The van der Waals surface area contributed by atoms with Crippen LogP contribution in [0.15, 0.2) is 60.0 Å². The summed E-state index contributed by atoms with van der Waals surface area (Å²) in [7, 11) is 1.46. The van der Waals surface area contributed by atoms with Crippen LogP contribution >= 0.6 is 11.3 Å². The van der Waals surface area contributed by atoms with Gasteiger partial charge in [-0.3, -0.25) is 14.4 Å². The van der Waals surface area contributed by atoms with Crippen molar-refractivity contribution in [2.45, 2.75) is 0 Å². The average molecular weight is 425 g/mol. The second-order valence-electron chi connectivity index (χ2n) is 6.09. The molecular formula is C21H19N3O5S. The van der Waals surface area contributed by atoms with Gasteiger partial charge in [-0.05, 0) is 41.8 Å². The molecule has 0 aliphatic heterocycles. The molecule has 0 atom stereocenters. The summed E-state index contributed by atoms with van der Waals surface area (Å²) < 4.78 is 10.5. The number of hydrogen-bond donors (Lipinski definition) is 3. The minimum absolute atomic E-state index is 0.242.